The van der Waals surface area contributed by atoms with Crippen LogP contribution in [0.1, 0.15) is 35.9 Å². The molecule has 146 valence electrons. The minimum atomic E-state index is -4.54. The number of nitrogens with zero attached hydrogens (tertiary/aromatic N) is 4. The standard InChI is InChI=1S/C17H25F3N4O2/c1-12(23-7-9-26-10-8-23)13-3-5-24(6-4-13)16(25)14-11-15(17(18,19)20)21-22(14)2/h11-13H,3-10H2,1-2H3. The SMILES string of the molecule is CC(C1CCN(C(=O)c2cc(C(F)(F)F)nn2C)CC1)N1CCOCC1. The van der Waals surface area contributed by atoms with Gasteiger partial charge in [-0.05, 0) is 25.7 Å². The van der Waals surface area contributed by atoms with Gasteiger partial charge in [0.15, 0.2) is 5.69 Å². The number of amides is 1. The Hall–Kier alpha value is -1.61. The largest absolute Gasteiger partial charge is 0.435 e. The van der Waals surface area contributed by atoms with Crippen LogP contribution in [0, 0.1) is 5.92 Å². The van der Waals surface area contributed by atoms with Crippen LogP contribution in [0.15, 0.2) is 6.07 Å². The molecule has 1 aromatic heterocycles. The van der Waals surface area contributed by atoms with Crippen molar-refractivity contribution in [1.82, 2.24) is 19.6 Å². The Morgan fingerprint density at radius 1 is 1.23 bits per heavy atom. The van der Waals surface area contributed by atoms with Gasteiger partial charge in [-0.1, -0.05) is 0 Å². The number of aryl methyl sites for hydroxylation is 1. The molecule has 9 heteroatoms. The molecule has 2 fully saturated rings. The van der Waals surface area contributed by atoms with Gasteiger partial charge in [0.1, 0.15) is 5.69 Å². The average Bonchev–Trinajstić information content (AvgIpc) is 3.03. The summed E-state index contributed by atoms with van der Waals surface area (Å²) in [6, 6.07) is 1.26. The predicted octanol–water partition coefficient (Wildman–Crippen LogP) is 2.01. The van der Waals surface area contributed by atoms with E-state index in [0.29, 0.717) is 25.0 Å². The molecule has 0 bridgehead atoms. The number of aromatic nitrogens is 2. The van der Waals surface area contributed by atoms with E-state index < -0.39 is 11.9 Å². The molecule has 0 spiro atoms. The molecule has 1 amide bonds. The molecule has 0 aromatic carbocycles. The van der Waals surface area contributed by atoms with Gasteiger partial charge in [-0.3, -0.25) is 14.4 Å². The second kappa shape index (κ2) is 7.56. The van der Waals surface area contributed by atoms with Crippen molar-refractivity contribution >= 4 is 5.91 Å². The molecule has 1 atom stereocenters. The predicted molar refractivity (Wildman–Crippen MR) is 88.7 cm³/mol. The first-order valence-corrected chi connectivity index (χ1v) is 8.99. The Morgan fingerprint density at radius 3 is 2.38 bits per heavy atom. The Balaban J connectivity index is 1.59. The number of carbonyl (C=O) groups excluding carboxylic acids is 1. The highest BCUT2D eigenvalue weighted by atomic mass is 19.4. The van der Waals surface area contributed by atoms with Crippen molar-refractivity contribution < 1.29 is 22.7 Å². The maximum atomic E-state index is 12.8. The Morgan fingerprint density at radius 2 is 1.85 bits per heavy atom. The number of ether oxygens (including phenoxy) is 1. The first-order chi connectivity index (χ1) is 12.3. The summed E-state index contributed by atoms with van der Waals surface area (Å²) in [5, 5.41) is 3.43. The monoisotopic (exact) mass is 374 g/mol. The summed E-state index contributed by atoms with van der Waals surface area (Å²) >= 11 is 0. The summed E-state index contributed by atoms with van der Waals surface area (Å²) in [5.74, 6) is 0.0994. The normalized spacial score (nSPS) is 21.8. The van der Waals surface area contributed by atoms with E-state index in [1.807, 2.05) is 0 Å². The molecule has 26 heavy (non-hydrogen) atoms. The summed E-state index contributed by atoms with van der Waals surface area (Å²) in [4.78, 5) is 16.7. The van der Waals surface area contributed by atoms with E-state index in [0.717, 1.165) is 49.9 Å². The lowest BCUT2D eigenvalue weighted by Crippen LogP contribution is -2.49. The molecule has 2 saturated heterocycles. The van der Waals surface area contributed by atoms with Crippen LogP contribution in [0.25, 0.3) is 0 Å². The first-order valence-electron chi connectivity index (χ1n) is 8.99. The maximum absolute atomic E-state index is 12.8. The lowest BCUT2D eigenvalue weighted by atomic mass is 9.89. The van der Waals surface area contributed by atoms with Crippen LogP contribution >= 0.6 is 0 Å². The fourth-order valence-electron chi connectivity index (χ4n) is 3.84. The van der Waals surface area contributed by atoms with Crippen LogP contribution < -0.4 is 0 Å². The van der Waals surface area contributed by atoms with Gasteiger partial charge in [0, 0.05) is 45.3 Å². The zero-order valence-electron chi connectivity index (χ0n) is 15.1. The number of likely N-dealkylation sites (tertiary alicyclic amines) is 1. The van der Waals surface area contributed by atoms with Gasteiger partial charge in [-0.2, -0.15) is 18.3 Å². The van der Waals surface area contributed by atoms with E-state index >= 15 is 0 Å². The highest BCUT2D eigenvalue weighted by Crippen LogP contribution is 2.30. The van der Waals surface area contributed by atoms with Gasteiger partial charge in [0.2, 0.25) is 0 Å². The smallest absolute Gasteiger partial charge is 0.379 e. The van der Waals surface area contributed by atoms with Crippen LogP contribution in [0.4, 0.5) is 13.2 Å². The minimum absolute atomic E-state index is 0.0167. The van der Waals surface area contributed by atoms with E-state index in [-0.39, 0.29) is 11.6 Å². The molecule has 3 heterocycles. The highest BCUT2D eigenvalue weighted by Gasteiger charge is 2.37. The third-order valence-electron chi connectivity index (χ3n) is 5.52. The second-order valence-corrected chi connectivity index (χ2v) is 7.05. The summed E-state index contributed by atoms with van der Waals surface area (Å²) in [6.45, 7) is 6.69. The summed E-state index contributed by atoms with van der Waals surface area (Å²) in [5.41, 5.74) is -1.05. The zero-order chi connectivity index (χ0) is 18.9. The number of carbonyl (C=O) groups is 1. The van der Waals surface area contributed by atoms with Crippen LogP contribution in [0.5, 0.6) is 0 Å². The van der Waals surface area contributed by atoms with E-state index in [2.05, 4.69) is 16.9 Å². The van der Waals surface area contributed by atoms with E-state index in [1.165, 1.54) is 7.05 Å². The van der Waals surface area contributed by atoms with Gasteiger partial charge in [0.05, 0.1) is 13.2 Å². The van der Waals surface area contributed by atoms with E-state index in [1.54, 1.807) is 4.90 Å². The Kier molecular flexibility index (Phi) is 5.57. The van der Waals surface area contributed by atoms with Crippen molar-refractivity contribution in [2.24, 2.45) is 13.0 Å². The average molecular weight is 374 g/mol. The second-order valence-electron chi connectivity index (χ2n) is 7.05. The molecular weight excluding hydrogens is 349 g/mol. The number of morpholine rings is 1. The van der Waals surface area contributed by atoms with Crippen LogP contribution in [0.2, 0.25) is 0 Å². The lowest BCUT2D eigenvalue weighted by Gasteiger charge is -2.41. The van der Waals surface area contributed by atoms with Crippen LogP contribution in [-0.2, 0) is 18.0 Å². The number of halogens is 3. The van der Waals surface area contributed by atoms with Crippen molar-refractivity contribution in [3.63, 3.8) is 0 Å². The van der Waals surface area contributed by atoms with Crippen molar-refractivity contribution in [1.29, 1.82) is 0 Å². The van der Waals surface area contributed by atoms with Crippen LogP contribution in [-0.4, -0.2) is 70.9 Å². The molecule has 0 radical (unpaired) electrons. The molecule has 6 nitrogen and oxygen atoms in total. The van der Waals surface area contributed by atoms with Gasteiger partial charge in [0.25, 0.3) is 5.91 Å². The molecule has 0 saturated carbocycles. The summed E-state index contributed by atoms with van der Waals surface area (Å²) in [6.07, 6.45) is -2.83. The van der Waals surface area contributed by atoms with Crippen molar-refractivity contribution in [3.8, 4) is 0 Å². The third kappa shape index (κ3) is 4.03. The van der Waals surface area contributed by atoms with Crippen molar-refractivity contribution in [3.05, 3.63) is 17.5 Å². The first kappa shape index (κ1) is 19.2. The fraction of sp³-hybridized carbons (Fsp3) is 0.765. The third-order valence-corrected chi connectivity index (χ3v) is 5.52. The Labute approximate surface area is 150 Å². The number of piperidine rings is 1. The molecule has 0 aliphatic carbocycles. The Bertz CT molecular complexity index is 632. The van der Waals surface area contributed by atoms with Crippen LogP contribution in [0.3, 0.4) is 0 Å². The quantitative estimate of drug-likeness (QED) is 0.812. The lowest BCUT2D eigenvalue weighted by molar-refractivity contribution is -0.141. The molecule has 2 aliphatic heterocycles. The van der Waals surface area contributed by atoms with Gasteiger partial charge < -0.3 is 9.64 Å². The maximum Gasteiger partial charge on any atom is 0.435 e. The topological polar surface area (TPSA) is 50.6 Å². The fourth-order valence-corrected chi connectivity index (χ4v) is 3.84. The molecule has 1 aromatic rings. The van der Waals surface area contributed by atoms with Gasteiger partial charge in [-0.25, -0.2) is 0 Å². The van der Waals surface area contributed by atoms with Gasteiger partial charge >= 0.3 is 6.18 Å². The number of alkyl halides is 3. The summed E-state index contributed by atoms with van der Waals surface area (Å²) in [7, 11) is 1.37. The molecule has 3 rings (SSSR count). The van der Waals surface area contributed by atoms with Gasteiger partial charge in [-0.15, -0.1) is 0 Å². The number of hydrogen-bond acceptors (Lipinski definition) is 4. The van der Waals surface area contributed by atoms with E-state index in [9.17, 15) is 18.0 Å². The molecule has 2 aliphatic rings. The molecule has 0 N–H and O–H groups in total. The number of hydrogen-bond donors (Lipinski definition) is 0. The highest BCUT2D eigenvalue weighted by molar-refractivity contribution is 5.92. The zero-order valence-corrected chi connectivity index (χ0v) is 15.1. The van der Waals surface area contributed by atoms with E-state index in [4.69, 9.17) is 4.74 Å². The summed E-state index contributed by atoms with van der Waals surface area (Å²) < 4.78 is 44.8. The molecule has 1 unspecified atom stereocenters. The van der Waals surface area contributed by atoms with Crippen molar-refractivity contribution in [2.45, 2.75) is 32.0 Å². The molecular formula is C17H25F3N4O2. The minimum Gasteiger partial charge on any atom is -0.379 e. The number of rotatable bonds is 3. The van der Waals surface area contributed by atoms with Crippen molar-refractivity contribution in [2.75, 3.05) is 39.4 Å².